The van der Waals surface area contributed by atoms with Gasteiger partial charge in [0, 0.05) is 17.8 Å². The number of fused-ring (bicyclic) bond motifs is 1. The maximum absolute atomic E-state index is 12.9. The van der Waals surface area contributed by atoms with E-state index in [9.17, 15) is 13.2 Å². The van der Waals surface area contributed by atoms with Crippen LogP contribution in [0.25, 0.3) is 22.3 Å². The van der Waals surface area contributed by atoms with Crippen LogP contribution in [-0.2, 0) is 15.3 Å². The van der Waals surface area contributed by atoms with Gasteiger partial charge in [-0.05, 0) is 56.7 Å². The van der Waals surface area contributed by atoms with Gasteiger partial charge in [0.05, 0.1) is 28.1 Å². The lowest BCUT2D eigenvalue weighted by Crippen LogP contribution is -2.63. The van der Waals surface area contributed by atoms with Crippen LogP contribution in [0.15, 0.2) is 36.5 Å². The Labute approximate surface area is 188 Å². The number of sulfone groups is 1. The molecule has 2 aliphatic rings. The van der Waals surface area contributed by atoms with E-state index in [1.54, 1.807) is 19.2 Å². The number of rotatable bonds is 5. The number of carbonyl (C=O) groups is 1. The van der Waals surface area contributed by atoms with Crippen molar-refractivity contribution in [2.45, 2.75) is 57.5 Å². The van der Waals surface area contributed by atoms with Gasteiger partial charge in [-0.25, -0.2) is 8.42 Å². The third-order valence-corrected chi connectivity index (χ3v) is 8.78. The summed E-state index contributed by atoms with van der Waals surface area (Å²) in [5.41, 5.74) is 4.63. The summed E-state index contributed by atoms with van der Waals surface area (Å²) < 4.78 is 25.0. The van der Waals surface area contributed by atoms with Gasteiger partial charge in [-0.1, -0.05) is 25.1 Å². The van der Waals surface area contributed by atoms with Gasteiger partial charge in [-0.3, -0.25) is 14.5 Å². The summed E-state index contributed by atoms with van der Waals surface area (Å²) in [4.78, 5) is 17.5. The van der Waals surface area contributed by atoms with Gasteiger partial charge in [0.15, 0.2) is 9.84 Å². The van der Waals surface area contributed by atoms with Gasteiger partial charge < -0.3 is 5.32 Å². The van der Waals surface area contributed by atoms with Crippen LogP contribution >= 0.6 is 0 Å². The van der Waals surface area contributed by atoms with E-state index in [4.69, 9.17) is 5.10 Å². The van der Waals surface area contributed by atoms with Crippen molar-refractivity contribution in [3.05, 3.63) is 47.7 Å². The Kier molecular flexibility index (Phi) is 4.54. The van der Waals surface area contributed by atoms with E-state index in [0.717, 1.165) is 22.3 Å². The Hall–Kier alpha value is -2.74. The van der Waals surface area contributed by atoms with Gasteiger partial charge in [0.2, 0.25) is 0 Å². The fourth-order valence-electron chi connectivity index (χ4n) is 4.60. The molecule has 0 bridgehead atoms. The van der Waals surface area contributed by atoms with Crippen LogP contribution in [0.1, 0.15) is 62.5 Å². The first-order valence-corrected chi connectivity index (χ1v) is 12.8. The predicted octanol–water partition coefficient (Wildman–Crippen LogP) is 3.65. The monoisotopic (exact) mass is 452 g/mol. The Bertz CT molecular complexity index is 1340. The number of carbonyl (C=O) groups excluding carboxylic acids is 1. The van der Waals surface area contributed by atoms with Gasteiger partial charge in [0.25, 0.3) is 5.91 Å². The zero-order chi connectivity index (χ0) is 22.9. The quantitative estimate of drug-likeness (QED) is 0.638. The summed E-state index contributed by atoms with van der Waals surface area (Å²) in [6, 6.07) is 10.4. The maximum atomic E-state index is 12.9. The molecule has 1 amide bonds. The summed E-state index contributed by atoms with van der Waals surface area (Å²) in [5, 5.41) is 7.73. The van der Waals surface area contributed by atoms with E-state index in [2.05, 4.69) is 41.5 Å². The maximum Gasteiger partial charge on any atom is 0.253 e. The van der Waals surface area contributed by atoms with Crippen LogP contribution in [0.5, 0.6) is 0 Å². The molecule has 0 spiro atoms. The number of aromatic nitrogens is 3. The van der Waals surface area contributed by atoms with Crippen molar-refractivity contribution in [1.29, 1.82) is 0 Å². The molecule has 3 aromatic rings. The highest BCUT2D eigenvalue weighted by Crippen LogP contribution is 2.48. The summed E-state index contributed by atoms with van der Waals surface area (Å²) in [7, 11) is -3.05. The second kappa shape index (κ2) is 6.88. The van der Waals surface area contributed by atoms with Crippen molar-refractivity contribution in [3.63, 3.8) is 0 Å². The average Bonchev–Trinajstić information content (AvgIpc) is 3.33. The third kappa shape index (κ3) is 3.60. The minimum absolute atomic E-state index is 0.0370. The number of amides is 1. The second-order valence-corrected chi connectivity index (χ2v) is 12.2. The van der Waals surface area contributed by atoms with E-state index in [1.807, 2.05) is 18.5 Å². The minimum atomic E-state index is -3.05. The molecule has 7 nitrogen and oxygen atoms in total. The smallest absolute Gasteiger partial charge is 0.253 e. The Morgan fingerprint density at radius 2 is 1.88 bits per heavy atom. The lowest BCUT2D eigenvalue weighted by atomic mass is 9.95. The van der Waals surface area contributed by atoms with Crippen molar-refractivity contribution < 1.29 is 13.2 Å². The summed E-state index contributed by atoms with van der Waals surface area (Å²) in [6.07, 6.45) is 3.96. The standard InChI is InChI=1S/C24H28N4O3S/c1-15(2)28-19-11-17(22(29)26-24(4)13-32(30,31)14-24)12-25-21(19)20(27-28)16-6-5-7-18(10-16)23(3)8-9-23/h5-7,10-12,15H,8-9,13-14H2,1-4H3,(H,26,29). The molecular weight excluding hydrogens is 424 g/mol. The van der Waals surface area contributed by atoms with Crippen molar-refractivity contribution in [2.24, 2.45) is 0 Å². The Morgan fingerprint density at radius 3 is 2.50 bits per heavy atom. The number of nitrogens with one attached hydrogen (secondary N) is 1. The van der Waals surface area contributed by atoms with Crippen molar-refractivity contribution in [2.75, 3.05) is 11.5 Å². The number of benzene rings is 1. The van der Waals surface area contributed by atoms with Gasteiger partial charge in [-0.15, -0.1) is 0 Å². The molecule has 2 fully saturated rings. The van der Waals surface area contributed by atoms with Crippen LogP contribution in [0.3, 0.4) is 0 Å². The van der Waals surface area contributed by atoms with E-state index in [1.165, 1.54) is 18.4 Å². The molecule has 168 valence electrons. The number of pyridine rings is 1. The fraction of sp³-hybridized carbons (Fsp3) is 0.458. The first-order valence-electron chi connectivity index (χ1n) is 11.0. The average molecular weight is 453 g/mol. The molecule has 1 aliphatic heterocycles. The van der Waals surface area contributed by atoms with E-state index in [-0.39, 0.29) is 28.9 Å². The third-order valence-electron chi connectivity index (χ3n) is 6.62. The molecule has 8 heteroatoms. The van der Waals surface area contributed by atoms with Crippen LogP contribution in [0.2, 0.25) is 0 Å². The van der Waals surface area contributed by atoms with Crippen molar-refractivity contribution in [3.8, 4) is 11.3 Å². The van der Waals surface area contributed by atoms with Gasteiger partial charge in [-0.2, -0.15) is 5.10 Å². The van der Waals surface area contributed by atoms with Crippen molar-refractivity contribution in [1.82, 2.24) is 20.1 Å². The zero-order valence-electron chi connectivity index (χ0n) is 18.8. The topological polar surface area (TPSA) is 93.9 Å². The SMILES string of the molecule is CC(C)n1nc(-c2cccc(C3(C)CC3)c2)c2ncc(C(=O)NC3(C)CS(=O)(=O)C3)cc21. The van der Waals surface area contributed by atoms with Crippen LogP contribution in [0, 0.1) is 0 Å². The molecule has 0 unspecified atom stereocenters. The highest BCUT2D eigenvalue weighted by molar-refractivity contribution is 7.93. The Morgan fingerprint density at radius 1 is 1.16 bits per heavy atom. The highest BCUT2D eigenvalue weighted by Gasteiger charge is 2.45. The predicted molar refractivity (Wildman–Crippen MR) is 124 cm³/mol. The minimum Gasteiger partial charge on any atom is -0.345 e. The molecule has 1 saturated carbocycles. The molecule has 1 N–H and O–H groups in total. The van der Waals surface area contributed by atoms with Gasteiger partial charge >= 0.3 is 0 Å². The molecule has 1 aromatic carbocycles. The van der Waals surface area contributed by atoms with Gasteiger partial charge in [0.1, 0.15) is 11.2 Å². The fourth-order valence-corrected chi connectivity index (χ4v) is 6.60. The first kappa shape index (κ1) is 21.1. The molecule has 1 saturated heterocycles. The normalized spacial score (nSPS) is 20.2. The molecular formula is C24H28N4O3S. The Balaban J connectivity index is 1.53. The van der Waals surface area contributed by atoms with Crippen LogP contribution < -0.4 is 5.32 Å². The van der Waals surface area contributed by atoms with E-state index in [0.29, 0.717) is 5.56 Å². The zero-order valence-corrected chi connectivity index (χ0v) is 19.7. The molecule has 0 radical (unpaired) electrons. The van der Waals surface area contributed by atoms with Crippen LogP contribution in [0.4, 0.5) is 0 Å². The second-order valence-electron chi connectivity index (χ2n) is 10.2. The summed E-state index contributed by atoms with van der Waals surface area (Å²) in [6.45, 7) is 8.13. The summed E-state index contributed by atoms with van der Waals surface area (Å²) in [5.74, 6) is -0.395. The van der Waals surface area contributed by atoms with E-state index < -0.39 is 15.4 Å². The molecule has 0 atom stereocenters. The highest BCUT2D eigenvalue weighted by atomic mass is 32.2. The molecule has 5 rings (SSSR count). The summed E-state index contributed by atoms with van der Waals surface area (Å²) >= 11 is 0. The number of hydrogen-bond donors (Lipinski definition) is 1. The lowest BCUT2D eigenvalue weighted by Gasteiger charge is -2.38. The lowest BCUT2D eigenvalue weighted by molar-refractivity contribution is 0.0916. The number of nitrogens with zero attached hydrogens (tertiary/aromatic N) is 3. The van der Waals surface area contributed by atoms with Crippen LogP contribution in [-0.4, -0.2) is 46.1 Å². The molecule has 32 heavy (non-hydrogen) atoms. The molecule has 2 aromatic heterocycles. The molecule has 1 aliphatic carbocycles. The largest absolute Gasteiger partial charge is 0.345 e. The number of hydrogen-bond acceptors (Lipinski definition) is 5. The van der Waals surface area contributed by atoms with E-state index >= 15 is 0 Å². The molecule has 3 heterocycles. The first-order chi connectivity index (χ1) is 15.0. The van der Waals surface area contributed by atoms with Crippen molar-refractivity contribution >= 4 is 26.8 Å².